The van der Waals surface area contributed by atoms with Gasteiger partial charge in [-0.1, -0.05) is 24.3 Å². The highest BCUT2D eigenvalue weighted by Crippen LogP contribution is 2.38. The van der Waals surface area contributed by atoms with E-state index in [9.17, 15) is 9.59 Å². The number of methoxy groups -OCH3 is 2. The number of esters is 1. The molecule has 2 aromatic rings. The standard InChI is InChI=1S/C21H21NO5/c1-4-27-20(23)13-22-17-8-6-5-7-15(17)16(21(22)24)11-14-9-10-18(25-2)19(12-14)26-3/h5-12H,4,13H2,1-3H3/b16-11-. The Kier molecular flexibility index (Phi) is 5.45. The summed E-state index contributed by atoms with van der Waals surface area (Å²) in [6.07, 6.45) is 1.79. The molecule has 0 radical (unpaired) electrons. The molecule has 6 heteroatoms. The van der Waals surface area contributed by atoms with Crippen molar-refractivity contribution in [3.63, 3.8) is 0 Å². The number of carbonyl (C=O) groups excluding carboxylic acids is 2. The fourth-order valence-electron chi connectivity index (χ4n) is 3.05. The molecular formula is C21H21NO5. The third kappa shape index (κ3) is 3.65. The van der Waals surface area contributed by atoms with E-state index in [4.69, 9.17) is 14.2 Å². The first-order valence-corrected chi connectivity index (χ1v) is 8.59. The molecule has 1 aliphatic heterocycles. The summed E-state index contributed by atoms with van der Waals surface area (Å²) in [5.74, 6) is 0.516. The fourth-order valence-corrected chi connectivity index (χ4v) is 3.05. The molecule has 0 unspecified atom stereocenters. The van der Waals surface area contributed by atoms with Gasteiger partial charge in [-0.05, 0) is 36.8 Å². The molecule has 0 aromatic heterocycles. The van der Waals surface area contributed by atoms with Crippen LogP contribution < -0.4 is 14.4 Å². The molecule has 0 fully saturated rings. The Labute approximate surface area is 158 Å². The second-order valence-corrected chi connectivity index (χ2v) is 5.89. The summed E-state index contributed by atoms with van der Waals surface area (Å²) in [6.45, 7) is 1.89. The van der Waals surface area contributed by atoms with Crippen LogP contribution in [0.1, 0.15) is 18.1 Å². The van der Waals surface area contributed by atoms with Crippen molar-refractivity contribution >= 4 is 29.2 Å². The lowest BCUT2D eigenvalue weighted by Crippen LogP contribution is -2.33. The van der Waals surface area contributed by atoms with E-state index in [2.05, 4.69) is 0 Å². The summed E-state index contributed by atoms with van der Waals surface area (Å²) in [7, 11) is 3.13. The molecule has 0 N–H and O–H groups in total. The molecule has 0 aliphatic carbocycles. The Hall–Kier alpha value is -3.28. The molecule has 140 valence electrons. The van der Waals surface area contributed by atoms with Crippen molar-refractivity contribution in [2.75, 3.05) is 32.3 Å². The Balaban J connectivity index is 2.00. The number of rotatable bonds is 6. The number of hydrogen-bond acceptors (Lipinski definition) is 5. The monoisotopic (exact) mass is 367 g/mol. The smallest absolute Gasteiger partial charge is 0.326 e. The summed E-state index contributed by atoms with van der Waals surface area (Å²) in [4.78, 5) is 26.3. The number of benzene rings is 2. The molecule has 0 spiro atoms. The van der Waals surface area contributed by atoms with Crippen LogP contribution in [0.3, 0.4) is 0 Å². The molecule has 3 rings (SSSR count). The van der Waals surface area contributed by atoms with E-state index in [0.29, 0.717) is 22.8 Å². The molecule has 0 saturated heterocycles. The van der Waals surface area contributed by atoms with Gasteiger partial charge in [0.2, 0.25) is 0 Å². The number of amides is 1. The van der Waals surface area contributed by atoms with Gasteiger partial charge >= 0.3 is 5.97 Å². The van der Waals surface area contributed by atoms with Crippen LogP contribution in [0, 0.1) is 0 Å². The SMILES string of the molecule is CCOC(=O)CN1C(=O)/C(=C\c2ccc(OC)c(OC)c2)c2ccccc21. The van der Waals surface area contributed by atoms with Gasteiger partial charge in [0.1, 0.15) is 6.54 Å². The van der Waals surface area contributed by atoms with Crippen molar-refractivity contribution in [2.45, 2.75) is 6.92 Å². The van der Waals surface area contributed by atoms with E-state index in [1.807, 2.05) is 30.3 Å². The number of carbonyl (C=O) groups is 2. The maximum Gasteiger partial charge on any atom is 0.326 e. The summed E-state index contributed by atoms with van der Waals surface area (Å²) < 4.78 is 15.6. The van der Waals surface area contributed by atoms with Gasteiger partial charge < -0.3 is 14.2 Å². The predicted octanol–water partition coefficient (Wildman–Crippen LogP) is 3.15. The van der Waals surface area contributed by atoms with E-state index in [1.54, 1.807) is 39.4 Å². The third-order valence-electron chi connectivity index (χ3n) is 4.27. The summed E-state index contributed by atoms with van der Waals surface area (Å²) in [6, 6.07) is 12.8. The van der Waals surface area contributed by atoms with Crippen LogP contribution in [0.25, 0.3) is 11.6 Å². The molecule has 1 amide bonds. The fraction of sp³-hybridized carbons (Fsp3) is 0.238. The average molecular weight is 367 g/mol. The van der Waals surface area contributed by atoms with Gasteiger partial charge in [0.15, 0.2) is 11.5 Å². The van der Waals surface area contributed by atoms with E-state index in [0.717, 1.165) is 11.1 Å². The lowest BCUT2D eigenvalue weighted by Gasteiger charge is -2.15. The number of fused-ring (bicyclic) bond motifs is 1. The summed E-state index contributed by atoms with van der Waals surface area (Å²) in [5.41, 5.74) is 2.79. The van der Waals surface area contributed by atoms with Crippen molar-refractivity contribution in [2.24, 2.45) is 0 Å². The average Bonchev–Trinajstić information content (AvgIpc) is 2.94. The normalized spacial score (nSPS) is 14.3. The minimum atomic E-state index is -0.437. The van der Waals surface area contributed by atoms with Crippen LogP contribution in [0.2, 0.25) is 0 Å². The molecule has 0 saturated carbocycles. The Morgan fingerprint density at radius 3 is 2.52 bits per heavy atom. The first-order valence-electron chi connectivity index (χ1n) is 8.59. The number of para-hydroxylation sites is 1. The maximum atomic E-state index is 13.0. The molecule has 2 aromatic carbocycles. The van der Waals surface area contributed by atoms with Crippen LogP contribution in [-0.4, -0.2) is 39.2 Å². The second kappa shape index (κ2) is 7.95. The number of ether oxygens (including phenoxy) is 3. The van der Waals surface area contributed by atoms with Gasteiger partial charge in [0, 0.05) is 11.1 Å². The zero-order valence-electron chi connectivity index (χ0n) is 15.5. The van der Waals surface area contributed by atoms with Gasteiger partial charge in [-0.2, -0.15) is 0 Å². The second-order valence-electron chi connectivity index (χ2n) is 5.89. The quantitative estimate of drug-likeness (QED) is 0.580. The Bertz CT molecular complexity index is 903. The van der Waals surface area contributed by atoms with Crippen molar-refractivity contribution < 1.29 is 23.8 Å². The predicted molar refractivity (Wildman–Crippen MR) is 103 cm³/mol. The molecule has 6 nitrogen and oxygen atoms in total. The lowest BCUT2D eigenvalue weighted by atomic mass is 10.0. The van der Waals surface area contributed by atoms with Crippen molar-refractivity contribution in [3.8, 4) is 11.5 Å². The third-order valence-corrected chi connectivity index (χ3v) is 4.27. The van der Waals surface area contributed by atoms with E-state index < -0.39 is 5.97 Å². The summed E-state index contributed by atoms with van der Waals surface area (Å²) >= 11 is 0. The first kappa shape index (κ1) is 18.5. The highest BCUT2D eigenvalue weighted by molar-refractivity contribution is 6.36. The molecule has 1 aliphatic rings. The number of nitrogens with zero attached hydrogens (tertiary/aromatic N) is 1. The lowest BCUT2D eigenvalue weighted by molar-refractivity contribution is -0.142. The van der Waals surface area contributed by atoms with E-state index >= 15 is 0 Å². The van der Waals surface area contributed by atoms with Gasteiger partial charge in [-0.15, -0.1) is 0 Å². The van der Waals surface area contributed by atoms with Crippen molar-refractivity contribution in [1.29, 1.82) is 0 Å². The summed E-state index contributed by atoms with van der Waals surface area (Å²) in [5, 5.41) is 0. The van der Waals surface area contributed by atoms with Crippen LogP contribution in [-0.2, 0) is 14.3 Å². The zero-order valence-corrected chi connectivity index (χ0v) is 15.5. The van der Waals surface area contributed by atoms with Crippen molar-refractivity contribution in [1.82, 2.24) is 0 Å². The number of hydrogen-bond donors (Lipinski definition) is 0. The van der Waals surface area contributed by atoms with Crippen LogP contribution in [0.4, 0.5) is 5.69 Å². The molecule has 0 bridgehead atoms. The van der Waals surface area contributed by atoms with E-state index in [-0.39, 0.29) is 19.1 Å². The largest absolute Gasteiger partial charge is 0.493 e. The van der Waals surface area contributed by atoms with E-state index in [1.165, 1.54) is 4.90 Å². The van der Waals surface area contributed by atoms with Gasteiger partial charge in [-0.25, -0.2) is 0 Å². The Morgan fingerprint density at radius 1 is 1.07 bits per heavy atom. The topological polar surface area (TPSA) is 65.1 Å². The van der Waals surface area contributed by atoms with Crippen LogP contribution in [0.15, 0.2) is 42.5 Å². The minimum absolute atomic E-state index is 0.118. The highest BCUT2D eigenvalue weighted by atomic mass is 16.5. The van der Waals surface area contributed by atoms with Crippen molar-refractivity contribution in [3.05, 3.63) is 53.6 Å². The zero-order chi connectivity index (χ0) is 19.4. The van der Waals surface area contributed by atoms with Gasteiger partial charge in [0.25, 0.3) is 5.91 Å². The molecule has 0 atom stereocenters. The molecule has 27 heavy (non-hydrogen) atoms. The number of anilines is 1. The Morgan fingerprint density at radius 2 is 1.81 bits per heavy atom. The molecular weight excluding hydrogens is 346 g/mol. The highest BCUT2D eigenvalue weighted by Gasteiger charge is 2.33. The van der Waals surface area contributed by atoms with Gasteiger partial charge in [0.05, 0.1) is 26.5 Å². The minimum Gasteiger partial charge on any atom is -0.493 e. The van der Waals surface area contributed by atoms with Gasteiger partial charge in [-0.3, -0.25) is 14.5 Å². The van der Waals surface area contributed by atoms with Crippen LogP contribution >= 0.6 is 0 Å². The first-order chi connectivity index (χ1) is 13.1. The molecule has 1 heterocycles. The van der Waals surface area contributed by atoms with Crippen LogP contribution in [0.5, 0.6) is 11.5 Å². The maximum absolute atomic E-state index is 13.0.